The summed E-state index contributed by atoms with van der Waals surface area (Å²) in [5.74, 6) is 0.795. The first-order valence-corrected chi connectivity index (χ1v) is 12.1. The van der Waals surface area contributed by atoms with Crippen LogP contribution in [0.5, 0.6) is 0 Å². The molecule has 4 rings (SSSR count). The van der Waals surface area contributed by atoms with Crippen molar-refractivity contribution in [2.24, 2.45) is 0 Å². The molecule has 0 heterocycles. The van der Waals surface area contributed by atoms with Crippen LogP contribution in [0.2, 0.25) is 0 Å². The van der Waals surface area contributed by atoms with E-state index in [2.05, 4.69) is 56.3 Å². The summed E-state index contributed by atoms with van der Waals surface area (Å²) in [6.45, 7) is 4.79. The third-order valence-corrected chi connectivity index (χ3v) is 6.29. The molecule has 2 aromatic rings. The molecule has 2 aliphatic carbocycles. The van der Waals surface area contributed by atoms with Crippen LogP contribution in [0.3, 0.4) is 0 Å². The van der Waals surface area contributed by atoms with E-state index >= 15 is 0 Å². The number of unbranched alkanes of at least 4 members (excludes halogenated alkanes) is 2. The number of aliphatic hydroxyl groups excluding tert-OH is 2. The molecule has 0 bridgehead atoms. The zero-order valence-electron chi connectivity index (χ0n) is 21.7. The van der Waals surface area contributed by atoms with Crippen LogP contribution in [0.1, 0.15) is 92.5 Å². The van der Waals surface area contributed by atoms with E-state index in [0.717, 1.165) is 31.6 Å². The quantitative estimate of drug-likeness (QED) is 0.253. The molecule has 0 saturated carbocycles. The van der Waals surface area contributed by atoms with Crippen LogP contribution in [0.15, 0.2) is 42.5 Å². The molecule has 0 unspecified atom stereocenters. The van der Waals surface area contributed by atoms with Gasteiger partial charge < -0.3 is 25.1 Å². The summed E-state index contributed by atoms with van der Waals surface area (Å²) < 4.78 is 0. The van der Waals surface area contributed by atoms with Crippen molar-refractivity contribution in [2.75, 3.05) is 13.2 Å². The fraction of sp³-hybridized carbons (Fsp3) is 0.533. The number of benzene rings is 2. The van der Waals surface area contributed by atoms with Gasteiger partial charge in [0.2, 0.25) is 0 Å². The van der Waals surface area contributed by atoms with Gasteiger partial charge in [0.25, 0.3) is 0 Å². The smallest absolute Gasteiger partial charge is 0.0430 e. The monoisotopic (exact) mass is 620 g/mol. The molecule has 0 fully saturated rings. The van der Waals surface area contributed by atoms with Gasteiger partial charge in [0.15, 0.2) is 0 Å². The van der Waals surface area contributed by atoms with E-state index in [0.29, 0.717) is 13.2 Å². The number of aliphatic hydroxyl groups is 2. The Morgan fingerprint density at radius 3 is 2.03 bits per heavy atom. The molecular weight excluding hydrogens is 571 g/mol. The molecule has 0 radical (unpaired) electrons. The van der Waals surface area contributed by atoms with Crippen LogP contribution in [-0.4, -0.2) is 23.4 Å². The maximum absolute atomic E-state index is 8.07. The van der Waals surface area contributed by atoms with E-state index in [4.69, 9.17) is 10.2 Å². The van der Waals surface area contributed by atoms with E-state index in [-0.39, 0.29) is 40.7 Å². The van der Waals surface area contributed by atoms with Crippen LogP contribution in [-0.2, 0) is 51.5 Å². The summed E-state index contributed by atoms with van der Waals surface area (Å²) in [6, 6.07) is 16.0. The van der Waals surface area contributed by atoms with E-state index in [9.17, 15) is 0 Å². The van der Waals surface area contributed by atoms with Crippen molar-refractivity contribution < 1.29 is 36.1 Å². The van der Waals surface area contributed by atoms with Crippen molar-refractivity contribution in [2.45, 2.75) is 90.4 Å². The van der Waals surface area contributed by atoms with Gasteiger partial charge in [0.1, 0.15) is 0 Å². The fourth-order valence-corrected chi connectivity index (χ4v) is 4.52. The number of hydrogen-bond acceptors (Lipinski definition) is 2. The molecule has 0 aliphatic heterocycles. The van der Waals surface area contributed by atoms with Crippen molar-refractivity contribution in [3.63, 3.8) is 0 Å². The average Bonchev–Trinajstić information content (AvgIpc) is 3.42. The van der Waals surface area contributed by atoms with Crippen molar-refractivity contribution in [3.8, 4) is 0 Å². The summed E-state index contributed by atoms with van der Waals surface area (Å²) in [7, 11) is 0. The van der Waals surface area contributed by atoms with Crippen LogP contribution in [0, 0.1) is 14.9 Å². The van der Waals surface area contributed by atoms with Crippen LogP contribution in [0.25, 0.3) is 0 Å². The first-order valence-electron chi connectivity index (χ1n) is 12.1. The molecule has 2 aliphatic rings. The molecule has 2 nitrogen and oxygen atoms in total. The van der Waals surface area contributed by atoms with Crippen molar-refractivity contribution in [3.05, 3.63) is 85.1 Å². The van der Waals surface area contributed by atoms with E-state index in [1.165, 1.54) is 44.9 Å². The van der Waals surface area contributed by atoms with Gasteiger partial charge in [-0.2, -0.15) is 0 Å². The van der Waals surface area contributed by atoms with Crippen LogP contribution in [0.4, 0.5) is 0 Å². The maximum Gasteiger partial charge on any atom is 0.0430 e. The van der Waals surface area contributed by atoms with Gasteiger partial charge in [0, 0.05) is 39.1 Å². The minimum Gasteiger partial charge on any atom is -0.396 e. The molecule has 2 aromatic carbocycles. The van der Waals surface area contributed by atoms with Crippen molar-refractivity contribution in [1.82, 2.24) is 0 Å². The third-order valence-electron chi connectivity index (χ3n) is 6.29. The SMILES string of the molecule is CCCCO.CCCCO.[CH3-].[CH3-].[Hf].c1ccc2c(c1)CC[C@@H]2CCc1cccc2c1CCC2. The zero-order chi connectivity index (χ0) is 21.6. The Morgan fingerprint density at radius 2 is 1.42 bits per heavy atom. The summed E-state index contributed by atoms with van der Waals surface area (Å²) in [6.07, 6.45) is 13.3. The number of aryl methyl sites for hydroxylation is 3. The van der Waals surface area contributed by atoms with Gasteiger partial charge in [-0.25, -0.2) is 0 Å². The topological polar surface area (TPSA) is 40.5 Å². The molecule has 3 heteroatoms. The summed E-state index contributed by atoms with van der Waals surface area (Å²) in [5, 5.41) is 16.1. The van der Waals surface area contributed by atoms with Gasteiger partial charge >= 0.3 is 0 Å². The van der Waals surface area contributed by atoms with Gasteiger partial charge in [0.05, 0.1) is 0 Å². The Balaban J connectivity index is 0. The van der Waals surface area contributed by atoms with Gasteiger partial charge in [-0.05, 0) is 91.5 Å². The minimum atomic E-state index is 0. The van der Waals surface area contributed by atoms with Gasteiger partial charge in [-0.15, -0.1) is 0 Å². The zero-order valence-corrected chi connectivity index (χ0v) is 25.3. The Kier molecular flexibility index (Phi) is 21.5. The Hall–Kier alpha value is -0.770. The summed E-state index contributed by atoms with van der Waals surface area (Å²) in [5.41, 5.74) is 8.15. The normalized spacial score (nSPS) is 14.6. The Labute approximate surface area is 224 Å². The van der Waals surface area contributed by atoms with E-state index in [1.54, 1.807) is 27.8 Å². The second kappa shape index (κ2) is 20.6. The fourth-order valence-electron chi connectivity index (χ4n) is 4.52. The largest absolute Gasteiger partial charge is 0.396 e. The van der Waals surface area contributed by atoms with Crippen molar-refractivity contribution >= 4 is 0 Å². The van der Waals surface area contributed by atoms with Crippen molar-refractivity contribution in [1.29, 1.82) is 0 Å². The molecule has 1 atom stereocenters. The third kappa shape index (κ3) is 11.5. The second-order valence-corrected chi connectivity index (χ2v) is 8.54. The van der Waals surface area contributed by atoms with Crippen LogP contribution >= 0.6 is 0 Å². The van der Waals surface area contributed by atoms with E-state index in [1.807, 2.05) is 0 Å². The predicted molar refractivity (Wildman–Crippen MR) is 141 cm³/mol. The standard InChI is InChI=1S/C20H22.2C4H10O.2CH3.Hf/c1-2-9-19-16(5-1)11-13-18(19)14-12-17-7-3-6-15-8-4-10-20(15)17;2*1-2-3-4-5;;;/h1-3,5-7,9,18H,4,8,10-14H2;2*5H,2-4H2,1H3;2*1H3;/q;;;2*-1;/t18-;;;;;/m1...../s1. The molecule has 2 N–H and O–H groups in total. The maximum atomic E-state index is 8.07. The second-order valence-electron chi connectivity index (χ2n) is 8.54. The molecule has 0 saturated heterocycles. The van der Waals surface area contributed by atoms with Gasteiger partial charge in [-0.3, -0.25) is 0 Å². The number of hydrogen-bond donors (Lipinski definition) is 2. The Bertz CT molecular complexity index is 719. The van der Waals surface area contributed by atoms with Crippen LogP contribution < -0.4 is 0 Å². The first kappa shape index (κ1) is 34.4. The number of fused-ring (bicyclic) bond motifs is 2. The molecule has 33 heavy (non-hydrogen) atoms. The molecular formula is C30H48HfO2-2. The predicted octanol–water partition coefficient (Wildman–Crippen LogP) is 7.29. The Morgan fingerprint density at radius 1 is 0.788 bits per heavy atom. The molecule has 0 spiro atoms. The summed E-state index contributed by atoms with van der Waals surface area (Å²) >= 11 is 0. The minimum absolute atomic E-state index is 0. The van der Waals surface area contributed by atoms with Gasteiger partial charge in [-0.1, -0.05) is 69.2 Å². The average molecular weight is 619 g/mol. The molecule has 0 amide bonds. The number of rotatable bonds is 7. The first-order chi connectivity index (χ1) is 14.7. The molecule has 186 valence electrons. The molecule has 0 aromatic heterocycles. The summed E-state index contributed by atoms with van der Waals surface area (Å²) in [4.78, 5) is 0. The van der Waals surface area contributed by atoms with E-state index < -0.39 is 0 Å².